The van der Waals surface area contributed by atoms with Crippen LogP contribution in [0.25, 0.3) is 0 Å². The summed E-state index contributed by atoms with van der Waals surface area (Å²) in [5.41, 5.74) is 1.15. The maximum Gasteiger partial charge on any atom is 0.222 e. The zero-order chi connectivity index (χ0) is 15.9. The number of para-hydroxylation sites is 2. The molecule has 122 valence electrons. The van der Waals surface area contributed by atoms with Crippen molar-refractivity contribution in [1.29, 1.82) is 0 Å². The molecule has 4 nitrogen and oxygen atoms in total. The van der Waals surface area contributed by atoms with Crippen molar-refractivity contribution in [3.05, 3.63) is 24.3 Å². The van der Waals surface area contributed by atoms with Crippen LogP contribution < -0.4 is 15.0 Å². The molecule has 22 heavy (non-hydrogen) atoms. The predicted molar refractivity (Wildman–Crippen MR) is 90.4 cm³/mol. The van der Waals surface area contributed by atoms with Gasteiger partial charge in [0.25, 0.3) is 0 Å². The van der Waals surface area contributed by atoms with Gasteiger partial charge >= 0.3 is 0 Å². The molecule has 1 heterocycles. The highest BCUT2D eigenvalue weighted by Gasteiger charge is 2.25. The first-order valence-corrected chi connectivity index (χ1v) is 8.31. The van der Waals surface area contributed by atoms with Gasteiger partial charge in [-0.1, -0.05) is 32.4 Å². The molecular formula is C18H28N2O2. The molecule has 0 aliphatic carbocycles. The second kappa shape index (κ2) is 8.06. The lowest BCUT2D eigenvalue weighted by atomic mass is 10.0. The Balaban J connectivity index is 1.84. The van der Waals surface area contributed by atoms with Crippen LogP contribution in [0.5, 0.6) is 5.75 Å². The molecular weight excluding hydrogens is 276 g/mol. The monoisotopic (exact) mass is 304 g/mol. The van der Waals surface area contributed by atoms with E-state index >= 15 is 0 Å². The second-order valence-corrected chi connectivity index (χ2v) is 6.21. The molecule has 1 N–H and O–H groups in total. The van der Waals surface area contributed by atoms with Gasteiger partial charge in [-0.2, -0.15) is 0 Å². The normalized spacial score (nSPS) is 19.0. The van der Waals surface area contributed by atoms with Crippen LogP contribution >= 0.6 is 0 Å². The zero-order valence-electron chi connectivity index (χ0n) is 14.0. The van der Waals surface area contributed by atoms with E-state index in [4.69, 9.17) is 4.74 Å². The topological polar surface area (TPSA) is 41.6 Å². The van der Waals surface area contributed by atoms with Crippen molar-refractivity contribution >= 4 is 11.6 Å². The first-order valence-electron chi connectivity index (χ1n) is 8.31. The summed E-state index contributed by atoms with van der Waals surface area (Å²) in [4.78, 5) is 14.3. The summed E-state index contributed by atoms with van der Waals surface area (Å²) < 4.78 is 5.44. The molecule has 0 aromatic heterocycles. The van der Waals surface area contributed by atoms with Crippen LogP contribution in [0.3, 0.4) is 0 Å². The Morgan fingerprint density at radius 3 is 2.95 bits per heavy atom. The van der Waals surface area contributed by atoms with Crippen LogP contribution in [0, 0.1) is 11.8 Å². The Kier molecular flexibility index (Phi) is 6.10. The number of anilines is 1. The van der Waals surface area contributed by atoms with E-state index in [1.54, 1.807) is 7.11 Å². The second-order valence-electron chi connectivity index (χ2n) is 6.21. The molecule has 2 atom stereocenters. The predicted octanol–water partition coefficient (Wildman–Crippen LogP) is 3.07. The largest absolute Gasteiger partial charge is 0.495 e. The fraction of sp³-hybridized carbons (Fsp3) is 0.611. The van der Waals surface area contributed by atoms with Crippen LogP contribution in [-0.2, 0) is 4.79 Å². The third-order valence-electron chi connectivity index (χ3n) is 4.45. The van der Waals surface area contributed by atoms with Crippen molar-refractivity contribution in [1.82, 2.24) is 5.32 Å². The Hall–Kier alpha value is -1.71. The first-order chi connectivity index (χ1) is 10.7. The molecule has 1 saturated heterocycles. The average Bonchev–Trinajstić information content (AvgIpc) is 3.01. The minimum Gasteiger partial charge on any atom is -0.495 e. The van der Waals surface area contributed by atoms with E-state index in [1.807, 2.05) is 25.1 Å². The van der Waals surface area contributed by atoms with Gasteiger partial charge in [-0.15, -0.1) is 0 Å². The van der Waals surface area contributed by atoms with Crippen LogP contribution in [0.4, 0.5) is 5.69 Å². The van der Waals surface area contributed by atoms with E-state index in [0.717, 1.165) is 50.3 Å². The van der Waals surface area contributed by atoms with E-state index in [-0.39, 0.29) is 11.8 Å². The Labute approximate surface area is 133 Å². The highest BCUT2D eigenvalue weighted by Crippen LogP contribution is 2.31. The molecule has 0 bridgehead atoms. The fourth-order valence-corrected chi connectivity index (χ4v) is 3.09. The van der Waals surface area contributed by atoms with Crippen molar-refractivity contribution in [2.45, 2.75) is 33.1 Å². The Morgan fingerprint density at radius 1 is 1.45 bits per heavy atom. The molecule has 1 aliphatic rings. The quantitative estimate of drug-likeness (QED) is 0.841. The van der Waals surface area contributed by atoms with Crippen molar-refractivity contribution in [3.63, 3.8) is 0 Å². The summed E-state index contributed by atoms with van der Waals surface area (Å²) in [7, 11) is 1.71. The van der Waals surface area contributed by atoms with Crippen molar-refractivity contribution in [3.8, 4) is 5.75 Å². The van der Waals surface area contributed by atoms with E-state index < -0.39 is 0 Å². The highest BCUT2D eigenvalue weighted by atomic mass is 16.5. The highest BCUT2D eigenvalue weighted by molar-refractivity contribution is 5.78. The van der Waals surface area contributed by atoms with Crippen LogP contribution in [-0.4, -0.2) is 32.7 Å². The molecule has 1 aromatic rings. The lowest BCUT2D eigenvalue weighted by Crippen LogP contribution is -2.34. The standard InChI is InChI=1S/C18H28N2O2/c1-4-7-14(2)18(21)19-12-15-10-11-20(13-15)16-8-5-6-9-17(16)22-3/h5-6,8-9,14-15H,4,7,10-13H2,1-3H3,(H,19,21). The molecule has 2 rings (SSSR count). The van der Waals surface area contributed by atoms with E-state index in [0.29, 0.717) is 5.92 Å². The van der Waals surface area contributed by atoms with Gasteiger partial charge in [-0.25, -0.2) is 0 Å². The summed E-state index contributed by atoms with van der Waals surface area (Å²) >= 11 is 0. The maximum absolute atomic E-state index is 12.0. The number of carbonyl (C=O) groups is 1. The lowest BCUT2D eigenvalue weighted by molar-refractivity contribution is -0.124. The number of nitrogens with zero attached hydrogens (tertiary/aromatic N) is 1. The number of hydrogen-bond donors (Lipinski definition) is 1. The van der Waals surface area contributed by atoms with Gasteiger partial charge in [0.1, 0.15) is 5.75 Å². The van der Waals surface area contributed by atoms with Crippen LogP contribution in [0.15, 0.2) is 24.3 Å². The summed E-state index contributed by atoms with van der Waals surface area (Å²) in [5.74, 6) is 1.75. The lowest BCUT2D eigenvalue weighted by Gasteiger charge is -2.21. The Bertz CT molecular complexity index is 490. The van der Waals surface area contributed by atoms with Crippen LogP contribution in [0.2, 0.25) is 0 Å². The maximum atomic E-state index is 12.0. The van der Waals surface area contributed by atoms with Gasteiger partial charge in [0.05, 0.1) is 12.8 Å². The van der Waals surface area contributed by atoms with Crippen LogP contribution in [0.1, 0.15) is 33.1 Å². The smallest absolute Gasteiger partial charge is 0.222 e. The van der Waals surface area contributed by atoms with Crippen molar-refractivity contribution in [2.24, 2.45) is 11.8 Å². The molecule has 1 aromatic carbocycles. The molecule has 0 radical (unpaired) electrons. The minimum absolute atomic E-state index is 0.122. The van der Waals surface area contributed by atoms with Gasteiger partial charge in [0.2, 0.25) is 5.91 Å². The van der Waals surface area contributed by atoms with E-state index in [1.165, 1.54) is 0 Å². The zero-order valence-corrected chi connectivity index (χ0v) is 14.0. The van der Waals surface area contributed by atoms with Gasteiger partial charge in [-0.3, -0.25) is 4.79 Å². The SMILES string of the molecule is CCCC(C)C(=O)NCC1CCN(c2ccccc2OC)C1. The van der Waals surface area contributed by atoms with Crippen molar-refractivity contribution in [2.75, 3.05) is 31.6 Å². The number of nitrogens with one attached hydrogen (secondary N) is 1. The van der Waals surface area contributed by atoms with E-state index in [9.17, 15) is 4.79 Å². The first kappa shape index (κ1) is 16.7. The van der Waals surface area contributed by atoms with Crippen molar-refractivity contribution < 1.29 is 9.53 Å². The molecule has 0 saturated carbocycles. The number of benzene rings is 1. The summed E-state index contributed by atoms with van der Waals surface area (Å²) in [6, 6.07) is 8.13. The number of methoxy groups -OCH3 is 1. The number of rotatable bonds is 7. The average molecular weight is 304 g/mol. The number of carbonyl (C=O) groups excluding carboxylic acids is 1. The Morgan fingerprint density at radius 2 is 2.23 bits per heavy atom. The fourth-order valence-electron chi connectivity index (χ4n) is 3.09. The molecule has 1 amide bonds. The number of amides is 1. The third kappa shape index (κ3) is 4.15. The van der Waals surface area contributed by atoms with Gasteiger partial charge in [0, 0.05) is 25.6 Å². The number of ether oxygens (including phenoxy) is 1. The minimum atomic E-state index is 0.122. The van der Waals surface area contributed by atoms with Gasteiger partial charge in [-0.05, 0) is 30.9 Å². The third-order valence-corrected chi connectivity index (χ3v) is 4.45. The molecule has 1 fully saturated rings. The number of hydrogen-bond acceptors (Lipinski definition) is 3. The summed E-state index contributed by atoms with van der Waals surface area (Å²) in [6.07, 6.45) is 3.13. The molecule has 1 aliphatic heterocycles. The summed E-state index contributed by atoms with van der Waals surface area (Å²) in [5, 5.41) is 3.11. The molecule has 4 heteroatoms. The van der Waals surface area contributed by atoms with E-state index in [2.05, 4.69) is 23.2 Å². The summed E-state index contributed by atoms with van der Waals surface area (Å²) in [6.45, 7) is 6.90. The van der Waals surface area contributed by atoms with Gasteiger partial charge in [0.15, 0.2) is 0 Å². The van der Waals surface area contributed by atoms with Gasteiger partial charge < -0.3 is 15.0 Å². The molecule has 2 unspecified atom stereocenters. The molecule has 0 spiro atoms.